The molecule has 0 spiro atoms. The van der Waals surface area contributed by atoms with E-state index in [0.29, 0.717) is 10.6 Å². The number of esters is 3. The van der Waals surface area contributed by atoms with Crippen molar-refractivity contribution in [1.29, 1.82) is 0 Å². The molecule has 106 valence electrons. The number of hydrogen-bond acceptors (Lipinski definition) is 5. The molecule has 0 aliphatic rings. The minimum absolute atomic E-state index is 0.139. The van der Waals surface area contributed by atoms with E-state index in [1.807, 2.05) is 0 Å². The smallest absolute Gasteiger partial charge is 0.351 e. The predicted molar refractivity (Wildman–Crippen MR) is 72.0 cm³/mol. The van der Waals surface area contributed by atoms with Gasteiger partial charge < -0.3 is 9.47 Å². The van der Waals surface area contributed by atoms with Crippen LogP contribution in [0.15, 0.2) is 36.4 Å². The monoisotopic (exact) mass is 296 g/mol. The first-order chi connectivity index (χ1) is 9.40. The number of rotatable bonds is 5. The van der Waals surface area contributed by atoms with Crippen molar-refractivity contribution in [3.63, 3.8) is 0 Å². The van der Waals surface area contributed by atoms with E-state index in [1.165, 1.54) is 6.92 Å². The molecule has 0 heterocycles. The lowest BCUT2D eigenvalue weighted by molar-refractivity contribution is -0.165. The second-order valence-electron chi connectivity index (χ2n) is 3.97. The summed E-state index contributed by atoms with van der Waals surface area (Å²) in [6.07, 6.45) is -0.139. The maximum absolute atomic E-state index is 11.5. The van der Waals surface area contributed by atoms with Gasteiger partial charge in [0.05, 0.1) is 6.42 Å². The van der Waals surface area contributed by atoms with E-state index < -0.39 is 24.5 Å². The summed E-state index contributed by atoms with van der Waals surface area (Å²) in [6, 6.07) is 6.71. The molecule has 0 saturated carbocycles. The van der Waals surface area contributed by atoms with E-state index in [-0.39, 0.29) is 12.0 Å². The Kier molecular flexibility index (Phi) is 5.93. The van der Waals surface area contributed by atoms with Crippen LogP contribution in [0.5, 0.6) is 0 Å². The van der Waals surface area contributed by atoms with Crippen LogP contribution in [0.4, 0.5) is 0 Å². The standard InChI is InChI=1S/C14H13ClO5/c1-9(2)14(18)19-8-13(17)20-12(16)7-10-5-3-4-6-11(10)15/h3-6H,1,7-8H2,2H3. The van der Waals surface area contributed by atoms with Crippen molar-refractivity contribution in [1.82, 2.24) is 0 Å². The van der Waals surface area contributed by atoms with E-state index in [1.54, 1.807) is 24.3 Å². The molecule has 1 rings (SSSR count). The first-order valence-electron chi connectivity index (χ1n) is 5.69. The maximum Gasteiger partial charge on any atom is 0.351 e. The molecule has 0 fully saturated rings. The molecule has 0 atom stereocenters. The van der Waals surface area contributed by atoms with Gasteiger partial charge in [0.15, 0.2) is 6.61 Å². The second kappa shape index (κ2) is 7.45. The van der Waals surface area contributed by atoms with E-state index in [4.69, 9.17) is 11.6 Å². The lowest BCUT2D eigenvalue weighted by Crippen LogP contribution is -2.21. The molecule has 0 radical (unpaired) electrons. The summed E-state index contributed by atoms with van der Waals surface area (Å²) in [4.78, 5) is 33.8. The lowest BCUT2D eigenvalue weighted by Gasteiger charge is -2.05. The quantitative estimate of drug-likeness (QED) is 0.472. The molecule has 5 nitrogen and oxygen atoms in total. The summed E-state index contributed by atoms with van der Waals surface area (Å²) in [5.74, 6) is -2.44. The lowest BCUT2D eigenvalue weighted by atomic mass is 10.1. The third-order valence-electron chi connectivity index (χ3n) is 2.19. The molecule has 1 aromatic carbocycles. The zero-order valence-corrected chi connectivity index (χ0v) is 11.6. The zero-order valence-electron chi connectivity index (χ0n) is 10.8. The van der Waals surface area contributed by atoms with Gasteiger partial charge in [0.25, 0.3) is 0 Å². The highest BCUT2D eigenvalue weighted by atomic mass is 35.5. The summed E-state index contributed by atoms with van der Waals surface area (Å²) in [5, 5.41) is 0.408. The van der Waals surface area contributed by atoms with Gasteiger partial charge >= 0.3 is 17.9 Å². The number of benzene rings is 1. The summed E-state index contributed by atoms with van der Waals surface area (Å²) in [5.41, 5.74) is 0.700. The van der Waals surface area contributed by atoms with Gasteiger partial charge in [0.1, 0.15) is 0 Å². The van der Waals surface area contributed by atoms with Crippen molar-refractivity contribution in [3.05, 3.63) is 47.0 Å². The van der Waals surface area contributed by atoms with Crippen LogP contribution in [-0.2, 0) is 30.3 Å². The highest BCUT2D eigenvalue weighted by molar-refractivity contribution is 6.31. The third kappa shape index (κ3) is 5.24. The Morgan fingerprint density at radius 1 is 1.20 bits per heavy atom. The number of hydrogen-bond donors (Lipinski definition) is 0. The molecular weight excluding hydrogens is 284 g/mol. The highest BCUT2D eigenvalue weighted by Gasteiger charge is 2.15. The van der Waals surface area contributed by atoms with Crippen LogP contribution < -0.4 is 0 Å². The molecule has 0 aromatic heterocycles. The van der Waals surface area contributed by atoms with Gasteiger partial charge in [-0.15, -0.1) is 0 Å². The van der Waals surface area contributed by atoms with Gasteiger partial charge in [0, 0.05) is 10.6 Å². The van der Waals surface area contributed by atoms with Crippen LogP contribution in [0, 0.1) is 0 Å². The summed E-state index contributed by atoms with van der Waals surface area (Å²) < 4.78 is 9.04. The topological polar surface area (TPSA) is 69.7 Å². The highest BCUT2D eigenvalue weighted by Crippen LogP contribution is 2.15. The predicted octanol–water partition coefficient (Wildman–Crippen LogP) is 2.07. The number of ether oxygens (including phenoxy) is 2. The molecule has 0 aliphatic carbocycles. The Balaban J connectivity index is 2.43. The van der Waals surface area contributed by atoms with Crippen molar-refractivity contribution in [2.75, 3.05) is 6.61 Å². The van der Waals surface area contributed by atoms with E-state index in [2.05, 4.69) is 16.1 Å². The minimum Gasteiger partial charge on any atom is -0.450 e. The zero-order chi connectivity index (χ0) is 15.1. The fourth-order valence-electron chi connectivity index (χ4n) is 1.24. The molecule has 0 N–H and O–H groups in total. The average Bonchev–Trinajstić information content (AvgIpc) is 2.38. The van der Waals surface area contributed by atoms with Crippen molar-refractivity contribution in [2.45, 2.75) is 13.3 Å². The Bertz CT molecular complexity index is 550. The summed E-state index contributed by atoms with van der Waals surface area (Å²) in [6.45, 7) is 4.15. The average molecular weight is 297 g/mol. The van der Waals surface area contributed by atoms with E-state index in [9.17, 15) is 14.4 Å². The molecule has 0 aliphatic heterocycles. The minimum atomic E-state index is -0.948. The molecule has 6 heteroatoms. The fraction of sp³-hybridized carbons (Fsp3) is 0.214. The Hall–Kier alpha value is -2.14. The number of carbonyl (C=O) groups excluding carboxylic acids is 3. The van der Waals surface area contributed by atoms with E-state index >= 15 is 0 Å². The van der Waals surface area contributed by atoms with Gasteiger partial charge in [-0.3, -0.25) is 4.79 Å². The van der Waals surface area contributed by atoms with Gasteiger partial charge in [-0.2, -0.15) is 0 Å². The van der Waals surface area contributed by atoms with Gasteiger partial charge in [-0.25, -0.2) is 9.59 Å². The first-order valence-corrected chi connectivity index (χ1v) is 6.07. The maximum atomic E-state index is 11.5. The van der Waals surface area contributed by atoms with Crippen molar-refractivity contribution in [2.24, 2.45) is 0 Å². The van der Waals surface area contributed by atoms with Crippen molar-refractivity contribution < 1.29 is 23.9 Å². The molecule has 0 saturated heterocycles. The third-order valence-corrected chi connectivity index (χ3v) is 2.56. The van der Waals surface area contributed by atoms with Crippen LogP contribution in [0.1, 0.15) is 12.5 Å². The molecule has 0 unspecified atom stereocenters. The molecule has 0 bridgehead atoms. The van der Waals surface area contributed by atoms with Crippen LogP contribution in [-0.4, -0.2) is 24.5 Å². The SMILES string of the molecule is C=C(C)C(=O)OCC(=O)OC(=O)Cc1ccccc1Cl. The normalized spacial score (nSPS) is 9.70. The van der Waals surface area contributed by atoms with Crippen LogP contribution in [0.2, 0.25) is 5.02 Å². The van der Waals surface area contributed by atoms with Crippen LogP contribution >= 0.6 is 11.6 Å². The largest absolute Gasteiger partial charge is 0.450 e. The molecule has 20 heavy (non-hydrogen) atoms. The van der Waals surface area contributed by atoms with Crippen LogP contribution in [0.3, 0.4) is 0 Å². The van der Waals surface area contributed by atoms with Gasteiger partial charge in [-0.1, -0.05) is 36.4 Å². The fourth-order valence-corrected chi connectivity index (χ4v) is 1.44. The summed E-state index contributed by atoms with van der Waals surface area (Å²) in [7, 11) is 0. The molecule has 0 amide bonds. The van der Waals surface area contributed by atoms with Gasteiger partial charge in [-0.05, 0) is 18.6 Å². The second-order valence-corrected chi connectivity index (χ2v) is 4.38. The van der Waals surface area contributed by atoms with Crippen molar-refractivity contribution >= 4 is 29.5 Å². The first kappa shape index (κ1) is 15.9. The molecular formula is C14H13ClO5. The molecule has 1 aromatic rings. The summed E-state index contributed by atoms with van der Waals surface area (Å²) >= 11 is 5.87. The Morgan fingerprint density at radius 2 is 1.85 bits per heavy atom. The Labute approximate surface area is 121 Å². The van der Waals surface area contributed by atoms with E-state index in [0.717, 1.165) is 0 Å². The number of carbonyl (C=O) groups is 3. The van der Waals surface area contributed by atoms with Crippen LogP contribution in [0.25, 0.3) is 0 Å². The number of halogens is 1. The van der Waals surface area contributed by atoms with Crippen molar-refractivity contribution in [3.8, 4) is 0 Å². The Morgan fingerprint density at radius 3 is 2.45 bits per heavy atom. The van der Waals surface area contributed by atoms with Gasteiger partial charge in [0.2, 0.25) is 0 Å².